The Morgan fingerprint density at radius 1 is 1.14 bits per heavy atom. The summed E-state index contributed by atoms with van der Waals surface area (Å²) >= 11 is 3.64. The number of hydrogen-bond donors (Lipinski definition) is 0. The highest BCUT2D eigenvalue weighted by atomic mass is 79.9. The Kier molecular flexibility index (Phi) is 7.69. The summed E-state index contributed by atoms with van der Waals surface area (Å²) in [5.74, 6) is 0.472. The van der Waals surface area contributed by atoms with Crippen LogP contribution in [0.4, 0.5) is 4.79 Å². The third-order valence-corrected chi connectivity index (χ3v) is 7.64. The lowest BCUT2D eigenvalue weighted by atomic mass is 9.74. The van der Waals surface area contributed by atoms with Gasteiger partial charge in [-0.05, 0) is 88.8 Å². The third-order valence-electron chi connectivity index (χ3n) is 7.14. The molecule has 36 heavy (non-hydrogen) atoms. The Bertz CT molecular complexity index is 1130. The first-order valence-electron chi connectivity index (χ1n) is 12.7. The second-order valence-corrected chi connectivity index (χ2v) is 11.7. The van der Waals surface area contributed by atoms with E-state index in [1.165, 1.54) is 11.1 Å². The van der Waals surface area contributed by atoms with Crippen LogP contribution >= 0.6 is 15.9 Å². The minimum Gasteiger partial charge on any atom is -0.485 e. The van der Waals surface area contributed by atoms with E-state index in [-0.39, 0.29) is 30.0 Å². The predicted molar refractivity (Wildman–Crippen MR) is 142 cm³/mol. The van der Waals surface area contributed by atoms with Gasteiger partial charge in [-0.3, -0.25) is 4.79 Å². The molecular weight excluding hydrogens is 522 g/mol. The van der Waals surface area contributed by atoms with Crippen molar-refractivity contribution in [3.63, 3.8) is 0 Å². The number of hydrogen-bond acceptors (Lipinski definition) is 5. The number of aryl methyl sites for hydroxylation is 1. The molecule has 2 aromatic carbocycles. The normalized spacial score (nSPS) is 18.6. The van der Waals surface area contributed by atoms with Crippen LogP contribution < -0.4 is 4.74 Å². The van der Waals surface area contributed by atoms with Crippen molar-refractivity contribution in [2.75, 3.05) is 19.7 Å². The summed E-state index contributed by atoms with van der Waals surface area (Å²) in [6, 6.07) is 12.3. The van der Waals surface area contributed by atoms with Gasteiger partial charge in [-0.15, -0.1) is 0 Å². The van der Waals surface area contributed by atoms with Crippen molar-refractivity contribution in [2.24, 2.45) is 0 Å². The number of fused-ring (bicyclic) bond motifs is 2. The Balaban J connectivity index is 1.57. The van der Waals surface area contributed by atoms with Gasteiger partial charge in [0.1, 0.15) is 17.5 Å². The van der Waals surface area contributed by atoms with Crippen LogP contribution in [0.25, 0.3) is 0 Å². The SMILES string of the molecule is CCOC(=O)Cc1c(C)cccc1OC1CC2(CCN(C(=O)OC(C)(C)C)CC2)c2ccc(Br)cc21. The van der Waals surface area contributed by atoms with Crippen molar-refractivity contribution in [3.8, 4) is 5.75 Å². The zero-order valence-electron chi connectivity index (χ0n) is 21.9. The van der Waals surface area contributed by atoms with Gasteiger partial charge >= 0.3 is 12.1 Å². The second kappa shape index (κ2) is 10.4. The van der Waals surface area contributed by atoms with Crippen molar-refractivity contribution in [1.82, 2.24) is 4.90 Å². The summed E-state index contributed by atoms with van der Waals surface area (Å²) in [5, 5.41) is 0. The summed E-state index contributed by atoms with van der Waals surface area (Å²) in [6.07, 6.45) is 2.32. The van der Waals surface area contributed by atoms with Crippen molar-refractivity contribution < 1.29 is 23.8 Å². The van der Waals surface area contributed by atoms with Crippen LogP contribution in [-0.2, 0) is 26.1 Å². The number of piperidine rings is 1. The van der Waals surface area contributed by atoms with Crippen LogP contribution in [0.2, 0.25) is 0 Å². The largest absolute Gasteiger partial charge is 0.485 e. The first-order chi connectivity index (χ1) is 17.0. The lowest BCUT2D eigenvalue weighted by Crippen LogP contribution is -2.46. The molecule has 2 aromatic rings. The Morgan fingerprint density at radius 2 is 1.86 bits per heavy atom. The molecule has 0 N–H and O–H groups in total. The van der Waals surface area contributed by atoms with E-state index >= 15 is 0 Å². The molecule has 0 aromatic heterocycles. The van der Waals surface area contributed by atoms with Gasteiger partial charge in [0, 0.05) is 28.5 Å². The number of halogens is 1. The van der Waals surface area contributed by atoms with E-state index in [4.69, 9.17) is 14.2 Å². The number of likely N-dealkylation sites (tertiary alicyclic amines) is 1. The molecule has 1 saturated heterocycles. The van der Waals surface area contributed by atoms with E-state index in [1.807, 2.05) is 57.7 Å². The molecule has 0 radical (unpaired) electrons. The zero-order chi connectivity index (χ0) is 26.1. The van der Waals surface area contributed by atoms with Gasteiger partial charge in [-0.1, -0.05) is 34.1 Å². The van der Waals surface area contributed by atoms with E-state index < -0.39 is 5.60 Å². The van der Waals surface area contributed by atoms with Gasteiger partial charge in [0.25, 0.3) is 0 Å². The smallest absolute Gasteiger partial charge is 0.410 e. The fourth-order valence-corrected chi connectivity index (χ4v) is 5.78. The van der Waals surface area contributed by atoms with Gasteiger partial charge in [0.15, 0.2) is 0 Å². The molecule has 2 aliphatic rings. The Labute approximate surface area is 222 Å². The van der Waals surface area contributed by atoms with Crippen LogP contribution in [0.3, 0.4) is 0 Å². The molecule has 7 heteroatoms. The van der Waals surface area contributed by atoms with Crippen LogP contribution in [0.5, 0.6) is 5.75 Å². The van der Waals surface area contributed by atoms with Gasteiger partial charge in [0.2, 0.25) is 0 Å². The molecular formula is C29H36BrNO5. The number of nitrogens with zero attached hydrogens (tertiary/aromatic N) is 1. The van der Waals surface area contributed by atoms with E-state index in [0.29, 0.717) is 19.7 Å². The van der Waals surface area contributed by atoms with E-state index in [1.54, 1.807) is 0 Å². The average Bonchev–Trinajstić information content (AvgIpc) is 3.07. The van der Waals surface area contributed by atoms with E-state index in [0.717, 1.165) is 40.6 Å². The maximum absolute atomic E-state index is 12.7. The molecule has 4 rings (SSSR count). The predicted octanol–water partition coefficient (Wildman–Crippen LogP) is 6.66. The Morgan fingerprint density at radius 3 is 2.53 bits per heavy atom. The number of ether oxygens (including phenoxy) is 3. The fourth-order valence-electron chi connectivity index (χ4n) is 5.40. The number of rotatable bonds is 5. The maximum atomic E-state index is 12.7. The molecule has 1 spiro atoms. The summed E-state index contributed by atoms with van der Waals surface area (Å²) < 4.78 is 18.5. The molecule has 194 valence electrons. The molecule has 1 fully saturated rings. The first kappa shape index (κ1) is 26.5. The van der Waals surface area contributed by atoms with Crippen LogP contribution in [0.15, 0.2) is 40.9 Å². The van der Waals surface area contributed by atoms with Gasteiger partial charge in [-0.25, -0.2) is 4.79 Å². The number of esters is 1. The maximum Gasteiger partial charge on any atom is 0.410 e. The number of amides is 1. The van der Waals surface area contributed by atoms with Crippen molar-refractivity contribution in [3.05, 3.63) is 63.1 Å². The highest BCUT2D eigenvalue weighted by molar-refractivity contribution is 9.10. The van der Waals surface area contributed by atoms with Crippen molar-refractivity contribution in [1.29, 1.82) is 0 Å². The lowest BCUT2D eigenvalue weighted by Gasteiger charge is -2.40. The lowest BCUT2D eigenvalue weighted by molar-refractivity contribution is -0.142. The quantitative estimate of drug-likeness (QED) is 0.385. The molecule has 1 heterocycles. The highest BCUT2D eigenvalue weighted by Gasteiger charge is 2.47. The molecule has 0 saturated carbocycles. The summed E-state index contributed by atoms with van der Waals surface area (Å²) in [7, 11) is 0. The minimum absolute atomic E-state index is 0.0651. The minimum atomic E-state index is -0.507. The monoisotopic (exact) mass is 557 g/mol. The molecule has 1 amide bonds. The summed E-state index contributed by atoms with van der Waals surface area (Å²) in [5.41, 5.74) is 3.76. The zero-order valence-corrected chi connectivity index (χ0v) is 23.4. The second-order valence-electron chi connectivity index (χ2n) is 10.8. The molecule has 0 bridgehead atoms. The van der Waals surface area contributed by atoms with Crippen LogP contribution in [0, 0.1) is 6.92 Å². The highest BCUT2D eigenvalue weighted by Crippen LogP contribution is 2.53. The average molecular weight is 559 g/mol. The number of benzene rings is 2. The van der Waals surface area contributed by atoms with Crippen LogP contribution in [-0.4, -0.2) is 42.3 Å². The van der Waals surface area contributed by atoms with E-state index in [2.05, 4.69) is 34.1 Å². The van der Waals surface area contributed by atoms with Crippen molar-refractivity contribution in [2.45, 2.75) is 77.4 Å². The molecule has 6 nitrogen and oxygen atoms in total. The summed E-state index contributed by atoms with van der Waals surface area (Å²) in [6.45, 7) is 11.1. The molecule has 1 unspecified atom stereocenters. The van der Waals surface area contributed by atoms with Gasteiger partial charge < -0.3 is 19.1 Å². The molecule has 1 aliphatic heterocycles. The number of carbonyl (C=O) groups excluding carboxylic acids is 2. The Hall–Kier alpha value is -2.54. The van der Waals surface area contributed by atoms with E-state index in [9.17, 15) is 9.59 Å². The first-order valence-corrected chi connectivity index (χ1v) is 13.5. The van der Waals surface area contributed by atoms with Crippen molar-refractivity contribution >= 4 is 28.0 Å². The summed E-state index contributed by atoms with van der Waals surface area (Å²) in [4.78, 5) is 26.8. The van der Waals surface area contributed by atoms with Gasteiger partial charge in [-0.2, -0.15) is 0 Å². The fraction of sp³-hybridized carbons (Fsp3) is 0.517. The standard InChI is InChI=1S/C29H36BrNO5/c1-6-34-26(32)17-21-19(2)8-7-9-24(21)35-25-18-29(23-11-10-20(30)16-22(23)25)12-14-31(15-13-29)27(33)36-28(3,4)5/h7-11,16,25H,6,12-15,17-18H2,1-5H3. The molecule has 1 atom stereocenters. The topological polar surface area (TPSA) is 65.1 Å². The third kappa shape index (κ3) is 5.72. The van der Waals surface area contributed by atoms with Crippen LogP contribution in [0.1, 0.15) is 75.3 Å². The number of carbonyl (C=O) groups is 2. The molecule has 1 aliphatic carbocycles. The van der Waals surface area contributed by atoms with Gasteiger partial charge in [0.05, 0.1) is 13.0 Å².